The summed E-state index contributed by atoms with van der Waals surface area (Å²) in [7, 11) is 13.0. The van der Waals surface area contributed by atoms with Gasteiger partial charge in [0.2, 0.25) is 0 Å². The van der Waals surface area contributed by atoms with E-state index in [1.54, 1.807) is 12.1 Å². The van der Waals surface area contributed by atoms with E-state index in [9.17, 15) is 22.8 Å². The summed E-state index contributed by atoms with van der Waals surface area (Å²) < 4.78 is 52.2. The second kappa shape index (κ2) is 9.39. The summed E-state index contributed by atoms with van der Waals surface area (Å²) in [6.45, 7) is -0.616. The van der Waals surface area contributed by atoms with Crippen molar-refractivity contribution in [3.05, 3.63) is 34.4 Å². The molecule has 0 saturated carbocycles. The van der Waals surface area contributed by atoms with Crippen LogP contribution in [0, 0.1) is 11.8 Å². The first kappa shape index (κ1) is 24.8. The van der Waals surface area contributed by atoms with Gasteiger partial charge in [0.25, 0.3) is 10.1 Å². The second-order valence-corrected chi connectivity index (χ2v) is 9.81. The third kappa shape index (κ3) is 4.38. The maximum atomic E-state index is 13.1. The molecule has 1 aromatic rings. The van der Waals surface area contributed by atoms with Crippen molar-refractivity contribution in [2.45, 2.75) is 43.4 Å². The summed E-state index contributed by atoms with van der Waals surface area (Å²) in [5, 5.41) is 0. The number of hydrogen-bond acceptors (Lipinski definition) is 9. The average Bonchev–Trinajstić information content (AvgIpc) is 3.40. The van der Waals surface area contributed by atoms with Crippen molar-refractivity contribution in [2.24, 2.45) is 11.8 Å². The van der Waals surface area contributed by atoms with Crippen LogP contribution in [0.15, 0.2) is 12.1 Å². The lowest BCUT2D eigenvalue weighted by Crippen LogP contribution is -2.48. The van der Waals surface area contributed by atoms with Crippen LogP contribution in [0.1, 0.15) is 27.0 Å². The predicted molar refractivity (Wildman–Crippen MR) is 117 cm³/mol. The summed E-state index contributed by atoms with van der Waals surface area (Å²) in [6, 6.07) is 3.30. The van der Waals surface area contributed by atoms with E-state index in [4.69, 9.17) is 47.0 Å². The Hall–Kier alpha value is -2.31. The molecule has 0 amide bonds. The Kier molecular flexibility index (Phi) is 6.85. The highest BCUT2D eigenvalue weighted by molar-refractivity contribution is 7.85. The zero-order valence-electron chi connectivity index (χ0n) is 17.9. The minimum atomic E-state index is -4.35. The molecule has 0 spiro atoms. The number of ether oxygens (including phenoxy) is 4. The van der Waals surface area contributed by atoms with Crippen LogP contribution >= 0.6 is 0 Å². The Morgan fingerprint density at radius 1 is 1.06 bits per heavy atom. The van der Waals surface area contributed by atoms with Gasteiger partial charge >= 0.3 is 17.9 Å². The molecular formula is C20H19B3O10S. The quantitative estimate of drug-likeness (QED) is 0.192. The molecule has 3 saturated heterocycles. The molecule has 6 unspecified atom stereocenters. The molecule has 3 aliphatic heterocycles. The highest BCUT2D eigenvalue weighted by atomic mass is 32.2. The summed E-state index contributed by atoms with van der Waals surface area (Å²) in [4.78, 5) is 38.2. The van der Waals surface area contributed by atoms with Crippen LogP contribution in [0.25, 0.3) is 0 Å². The SMILES string of the molecule is [B]Cc1cc(C[B])c(C[B])c(C(=O)OC2C3OC(=O)C4C3OC2C4C(=O)OCCS(=O)(=O)O)c1. The average molecular weight is 484 g/mol. The molecule has 0 aliphatic carbocycles. The van der Waals surface area contributed by atoms with Gasteiger partial charge in [-0.25, -0.2) is 4.79 Å². The van der Waals surface area contributed by atoms with Crippen molar-refractivity contribution in [3.8, 4) is 0 Å². The summed E-state index contributed by atoms with van der Waals surface area (Å²) in [6.07, 6.45) is -3.58. The van der Waals surface area contributed by atoms with E-state index in [1.807, 2.05) is 0 Å². The Morgan fingerprint density at radius 2 is 1.79 bits per heavy atom. The van der Waals surface area contributed by atoms with Crippen LogP contribution in [0.5, 0.6) is 0 Å². The summed E-state index contributed by atoms with van der Waals surface area (Å²) in [5.41, 5.74) is 1.91. The fourth-order valence-corrected chi connectivity index (χ4v) is 5.09. The molecule has 34 heavy (non-hydrogen) atoms. The van der Waals surface area contributed by atoms with E-state index >= 15 is 0 Å². The van der Waals surface area contributed by atoms with Crippen LogP contribution in [0.2, 0.25) is 0 Å². The van der Waals surface area contributed by atoms with Gasteiger partial charge in [0, 0.05) is 0 Å². The number of rotatable bonds is 9. The maximum absolute atomic E-state index is 13.1. The van der Waals surface area contributed by atoms with Crippen molar-refractivity contribution in [1.82, 2.24) is 0 Å². The van der Waals surface area contributed by atoms with Gasteiger partial charge in [-0.2, -0.15) is 8.42 Å². The Bertz CT molecular complexity index is 1120. The molecule has 6 radical (unpaired) electrons. The maximum Gasteiger partial charge on any atom is 0.338 e. The molecule has 3 heterocycles. The third-order valence-electron chi connectivity index (χ3n) is 6.29. The lowest BCUT2D eigenvalue weighted by molar-refractivity contribution is -0.155. The predicted octanol–water partition coefficient (Wildman–Crippen LogP) is -1.41. The molecule has 1 aromatic carbocycles. The van der Waals surface area contributed by atoms with E-state index in [0.29, 0.717) is 16.7 Å². The van der Waals surface area contributed by atoms with Crippen molar-refractivity contribution in [3.63, 3.8) is 0 Å². The Labute approximate surface area is 200 Å². The second-order valence-electron chi connectivity index (χ2n) is 8.24. The lowest BCUT2D eigenvalue weighted by Gasteiger charge is -2.27. The third-order valence-corrected chi connectivity index (χ3v) is 6.97. The zero-order valence-corrected chi connectivity index (χ0v) is 18.7. The first-order valence-electron chi connectivity index (χ1n) is 10.5. The molecule has 3 aliphatic rings. The summed E-state index contributed by atoms with van der Waals surface area (Å²) >= 11 is 0. The topological polar surface area (TPSA) is 142 Å². The van der Waals surface area contributed by atoms with Crippen LogP contribution < -0.4 is 0 Å². The molecule has 174 valence electrons. The smallest absolute Gasteiger partial charge is 0.338 e. The molecule has 0 aromatic heterocycles. The first-order chi connectivity index (χ1) is 16.1. The van der Waals surface area contributed by atoms with Crippen molar-refractivity contribution < 1.29 is 46.3 Å². The Balaban J connectivity index is 1.56. The van der Waals surface area contributed by atoms with Gasteiger partial charge in [0.1, 0.15) is 36.4 Å². The van der Waals surface area contributed by atoms with Crippen molar-refractivity contribution in [2.75, 3.05) is 12.4 Å². The van der Waals surface area contributed by atoms with Gasteiger partial charge in [0.05, 0.1) is 29.1 Å². The summed E-state index contributed by atoms with van der Waals surface area (Å²) in [5.74, 6) is -5.33. The van der Waals surface area contributed by atoms with Crippen LogP contribution in [-0.2, 0) is 57.6 Å². The van der Waals surface area contributed by atoms with E-state index in [1.165, 1.54) is 0 Å². The van der Waals surface area contributed by atoms with Crippen LogP contribution in [-0.4, -0.2) is 91.2 Å². The largest absolute Gasteiger partial charge is 0.464 e. The molecule has 10 nitrogen and oxygen atoms in total. The molecule has 1 N–H and O–H groups in total. The highest BCUT2D eigenvalue weighted by Gasteiger charge is 2.72. The molecule has 3 fully saturated rings. The standard InChI is InChI=1S/C20H19B3O10S/c21-5-8-3-9(6-22)11(7-23)10(4-8)18(24)32-16-14-12(19(25)30-1-2-34(27,28)29)13-15(31-14)17(16)33-20(13)26/h3-4,12-17H,1-2,5-7H2,(H,27,28,29). The van der Waals surface area contributed by atoms with Crippen molar-refractivity contribution in [1.29, 1.82) is 0 Å². The fraction of sp³-hybridized carbons (Fsp3) is 0.550. The Morgan fingerprint density at radius 3 is 2.41 bits per heavy atom. The van der Waals surface area contributed by atoms with Gasteiger partial charge in [-0.15, -0.1) is 0 Å². The van der Waals surface area contributed by atoms with Crippen LogP contribution in [0.3, 0.4) is 0 Å². The zero-order chi connectivity index (χ0) is 24.8. The van der Waals surface area contributed by atoms with Gasteiger partial charge in [0.15, 0.2) is 12.2 Å². The van der Waals surface area contributed by atoms with E-state index in [2.05, 4.69) is 0 Å². The molecule has 4 rings (SSSR count). The number of carbonyl (C=O) groups excluding carboxylic acids is 3. The normalized spacial score (nSPS) is 29.1. The minimum absolute atomic E-state index is 0.0121. The van der Waals surface area contributed by atoms with Gasteiger partial charge in [-0.3, -0.25) is 14.1 Å². The fourth-order valence-electron chi connectivity index (χ4n) is 4.79. The lowest BCUT2D eigenvalue weighted by atomic mass is 9.78. The van der Waals surface area contributed by atoms with Crippen molar-refractivity contribution >= 4 is 51.6 Å². The molecular weight excluding hydrogens is 465 g/mol. The van der Waals surface area contributed by atoms with E-state index in [-0.39, 0.29) is 24.5 Å². The minimum Gasteiger partial charge on any atom is -0.464 e. The van der Waals surface area contributed by atoms with Crippen LogP contribution in [0.4, 0.5) is 0 Å². The highest BCUT2D eigenvalue weighted by Crippen LogP contribution is 2.51. The van der Waals surface area contributed by atoms with Gasteiger partial charge in [-0.05, 0) is 11.6 Å². The number of fused-ring (bicyclic) bond motifs is 1. The van der Waals surface area contributed by atoms with E-state index < -0.39 is 76.6 Å². The van der Waals surface area contributed by atoms with Gasteiger partial charge in [-0.1, -0.05) is 36.2 Å². The number of esters is 3. The van der Waals surface area contributed by atoms with E-state index in [0.717, 1.165) is 0 Å². The molecule has 6 atom stereocenters. The number of benzene rings is 1. The van der Waals surface area contributed by atoms with Gasteiger partial charge < -0.3 is 18.9 Å². The number of carbonyl (C=O) groups is 3. The monoisotopic (exact) mass is 484 g/mol. The number of hydrogen-bond donors (Lipinski definition) is 1. The first-order valence-corrected chi connectivity index (χ1v) is 12.1. The molecule has 14 heteroatoms. The molecule has 2 bridgehead atoms.